The highest BCUT2D eigenvalue weighted by Crippen LogP contribution is 2.37. The maximum absolute atomic E-state index is 14.0. The second-order valence-electron chi connectivity index (χ2n) is 5.69. The van der Waals surface area contributed by atoms with E-state index in [1.54, 1.807) is 7.05 Å². The van der Waals surface area contributed by atoms with Crippen molar-refractivity contribution in [1.82, 2.24) is 5.32 Å². The molecule has 1 N–H and O–H groups in total. The van der Waals surface area contributed by atoms with Crippen molar-refractivity contribution in [2.75, 3.05) is 7.05 Å². The van der Waals surface area contributed by atoms with Crippen molar-refractivity contribution < 1.29 is 8.78 Å². The normalized spacial score (nSPS) is 16.5. The van der Waals surface area contributed by atoms with Crippen LogP contribution in [0.3, 0.4) is 0 Å². The molecule has 1 saturated carbocycles. The van der Waals surface area contributed by atoms with Crippen LogP contribution in [0.4, 0.5) is 8.78 Å². The zero-order chi connectivity index (χ0) is 14.8. The molecular weight excluding hydrogens is 268 g/mol. The lowest BCUT2D eigenvalue weighted by Crippen LogP contribution is -2.19. The number of nitrogens with one attached hydrogen (secondary N) is 1. The van der Waals surface area contributed by atoms with Crippen LogP contribution in [0.25, 0.3) is 0 Å². The molecule has 1 unspecified atom stereocenters. The minimum Gasteiger partial charge on any atom is -0.309 e. The van der Waals surface area contributed by atoms with E-state index in [-0.39, 0.29) is 6.04 Å². The Hall–Kier alpha value is -1.74. The van der Waals surface area contributed by atoms with Gasteiger partial charge in [-0.1, -0.05) is 36.8 Å². The van der Waals surface area contributed by atoms with E-state index < -0.39 is 11.6 Å². The van der Waals surface area contributed by atoms with Crippen LogP contribution in [0.1, 0.15) is 47.9 Å². The first-order valence-corrected chi connectivity index (χ1v) is 7.41. The molecular formula is C18H19F2N. The third-order valence-corrected chi connectivity index (χ3v) is 4.38. The first-order chi connectivity index (χ1) is 10.2. The molecule has 1 fully saturated rings. The summed E-state index contributed by atoms with van der Waals surface area (Å²) >= 11 is 0. The highest BCUT2D eigenvalue weighted by Gasteiger charge is 2.22. The van der Waals surface area contributed by atoms with E-state index in [4.69, 9.17) is 0 Å². The average molecular weight is 287 g/mol. The zero-order valence-electron chi connectivity index (χ0n) is 12.1. The van der Waals surface area contributed by atoms with Crippen LogP contribution in [-0.4, -0.2) is 7.05 Å². The first-order valence-electron chi connectivity index (χ1n) is 7.41. The summed E-state index contributed by atoms with van der Waals surface area (Å²) in [7, 11) is 1.80. The molecule has 0 saturated heterocycles. The summed E-state index contributed by atoms with van der Waals surface area (Å²) in [5, 5.41) is 3.13. The van der Waals surface area contributed by atoms with Crippen LogP contribution in [0.15, 0.2) is 42.5 Å². The average Bonchev–Trinajstić information content (AvgIpc) is 2.40. The van der Waals surface area contributed by atoms with Gasteiger partial charge in [-0.25, -0.2) is 8.78 Å². The fourth-order valence-electron chi connectivity index (χ4n) is 2.97. The quantitative estimate of drug-likeness (QED) is 0.870. The zero-order valence-corrected chi connectivity index (χ0v) is 12.1. The molecule has 3 rings (SSSR count). The number of hydrogen-bond acceptors (Lipinski definition) is 1. The van der Waals surface area contributed by atoms with Crippen molar-refractivity contribution in [3.8, 4) is 0 Å². The van der Waals surface area contributed by atoms with Crippen molar-refractivity contribution in [3.63, 3.8) is 0 Å². The molecule has 0 amide bonds. The topological polar surface area (TPSA) is 12.0 Å². The largest absolute Gasteiger partial charge is 0.309 e. The van der Waals surface area contributed by atoms with E-state index in [1.807, 2.05) is 12.1 Å². The third-order valence-electron chi connectivity index (χ3n) is 4.38. The van der Waals surface area contributed by atoms with Crippen LogP contribution in [0, 0.1) is 11.6 Å². The number of halogens is 2. The second kappa shape index (κ2) is 5.94. The molecule has 1 nitrogen and oxygen atoms in total. The monoisotopic (exact) mass is 287 g/mol. The molecule has 0 aromatic heterocycles. The Morgan fingerprint density at radius 2 is 1.90 bits per heavy atom. The maximum atomic E-state index is 14.0. The van der Waals surface area contributed by atoms with Crippen LogP contribution < -0.4 is 5.32 Å². The Bertz CT molecular complexity index is 635. The van der Waals surface area contributed by atoms with Gasteiger partial charge in [-0.15, -0.1) is 0 Å². The van der Waals surface area contributed by atoms with E-state index in [0.29, 0.717) is 11.5 Å². The molecule has 21 heavy (non-hydrogen) atoms. The van der Waals surface area contributed by atoms with Gasteiger partial charge in [-0.05, 0) is 43.0 Å². The highest BCUT2D eigenvalue weighted by atomic mass is 19.1. The summed E-state index contributed by atoms with van der Waals surface area (Å²) in [6.07, 6.45) is 3.76. The fraction of sp³-hybridized carbons (Fsp3) is 0.333. The van der Waals surface area contributed by atoms with Crippen molar-refractivity contribution >= 4 is 0 Å². The second-order valence-corrected chi connectivity index (χ2v) is 5.69. The molecule has 2 aromatic carbocycles. The maximum Gasteiger partial charge on any atom is 0.131 e. The van der Waals surface area contributed by atoms with Crippen molar-refractivity contribution in [1.29, 1.82) is 0 Å². The van der Waals surface area contributed by atoms with E-state index >= 15 is 0 Å². The Kier molecular flexibility index (Phi) is 4.02. The summed E-state index contributed by atoms with van der Waals surface area (Å²) < 4.78 is 27.1. The molecule has 1 aliphatic carbocycles. The lowest BCUT2D eigenvalue weighted by Gasteiger charge is -2.27. The van der Waals surface area contributed by atoms with Crippen LogP contribution in [0.2, 0.25) is 0 Å². The smallest absolute Gasteiger partial charge is 0.131 e. The molecule has 3 heteroatoms. The minimum atomic E-state index is -0.547. The molecule has 1 aliphatic rings. The predicted molar refractivity (Wildman–Crippen MR) is 80.3 cm³/mol. The summed E-state index contributed by atoms with van der Waals surface area (Å²) in [6.45, 7) is 0. The summed E-state index contributed by atoms with van der Waals surface area (Å²) in [5.41, 5.74) is 2.82. The van der Waals surface area contributed by atoms with E-state index in [2.05, 4.69) is 17.4 Å². The lowest BCUT2D eigenvalue weighted by molar-refractivity contribution is 0.419. The van der Waals surface area contributed by atoms with Gasteiger partial charge in [0.2, 0.25) is 0 Å². The fourth-order valence-corrected chi connectivity index (χ4v) is 2.97. The summed E-state index contributed by atoms with van der Waals surface area (Å²) in [6, 6.07) is 11.8. The van der Waals surface area contributed by atoms with Gasteiger partial charge in [-0.3, -0.25) is 0 Å². The molecule has 2 aromatic rings. The number of hydrogen-bond donors (Lipinski definition) is 1. The van der Waals surface area contributed by atoms with Crippen LogP contribution in [-0.2, 0) is 0 Å². The van der Waals surface area contributed by atoms with Gasteiger partial charge in [0.15, 0.2) is 0 Å². The van der Waals surface area contributed by atoms with Gasteiger partial charge in [0.05, 0.1) is 6.04 Å². The van der Waals surface area contributed by atoms with E-state index in [0.717, 1.165) is 11.6 Å². The van der Waals surface area contributed by atoms with Gasteiger partial charge in [-0.2, -0.15) is 0 Å². The summed E-state index contributed by atoms with van der Waals surface area (Å²) in [4.78, 5) is 0. The van der Waals surface area contributed by atoms with Crippen LogP contribution in [0.5, 0.6) is 0 Å². The van der Waals surface area contributed by atoms with Gasteiger partial charge < -0.3 is 5.32 Å². The standard InChI is InChI=1S/C18H19F2N/c1-21-18(16-9-8-15(19)11-17(16)20)14-7-3-6-13(10-14)12-4-2-5-12/h3,6-12,18,21H,2,4-5H2,1H3. The third kappa shape index (κ3) is 2.84. The molecule has 110 valence electrons. The van der Waals surface area contributed by atoms with Gasteiger partial charge in [0, 0.05) is 11.6 Å². The lowest BCUT2D eigenvalue weighted by atomic mass is 9.79. The Morgan fingerprint density at radius 1 is 1.10 bits per heavy atom. The summed E-state index contributed by atoms with van der Waals surface area (Å²) in [5.74, 6) is -0.418. The van der Waals surface area contributed by atoms with E-state index in [9.17, 15) is 8.78 Å². The SMILES string of the molecule is CNC(c1cccc(C2CCC2)c1)c1ccc(F)cc1F. The van der Waals surface area contributed by atoms with Gasteiger partial charge in [0.25, 0.3) is 0 Å². The van der Waals surface area contributed by atoms with Crippen molar-refractivity contribution in [2.45, 2.75) is 31.2 Å². The Morgan fingerprint density at radius 3 is 2.52 bits per heavy atom. The molecule has 0 aliphatic heterocycles. The molecule has 0 heterocycles. The number of benzene rings is 2. The Balaban J connectivity index is 1.95. The van der Waals surface area contributed by atoms with Gasteiger partial charge in [0.1, 0.15) is 11.6 Å². The molecule has 1 atom stereocenters. The molecule has 0 spiro atoms. The highest BCUT2D eigenvalue weighted by molar-refractivity contribution is 5.36. The predicted octanol–water partition coefficient (Wildman–Crippen LogP) is 4.54. The van der Waals surface area contributed by atoms with Crippen molar-refractivity contribution in [2.24, 2.45) is 0 Å². The van der Waals surface area contributed by atoms with Gasteiger partial charge >= 0.3 is 0 Å². The Labute approximate surface area is 124 Å². The van der Waals surface area contributed by atoms with Crippen molar-refractivity contribution in [3.05, 3.63) is 70.8 Å². The minimum absolute atomic E-state index is 0.259. The molecule has 0 bridgehead atoms. The molecule has 0 radical (unpaired) electrons. The first kappa shape index (κ1) is 14.2. The number of rotatable bonds is 4. The van der Waals surface area contributed by atoms with E-state index in [1.165, 1.54) is 37.0 Å². The van der Waals surface area contributed by atoms with Crippen LogP contribution >= 0.6 is 0 Å².